The van der Waals surface area contributed by atoms with E-state index in [2.05, 4.69) is 15.7 Å². The van der Waals surface area contributed by atoms with Gasteiger partial charge in [0.15, 0.2) is 10.9 Å². The smallest absolute Gasteiger partial charge is 0.175 e. The number of Topliss-reactive ketones (excluding diaryl/α,β-unsaturated/α-hetero) is 1. The van der Waals surface area contributed by atoms with Crippen molar-refractivity contribution in [1.29, 1.82) is 0 Å². The van der Waals surface area contributed by atoms with E-state index in [0.717, 1.165) is 16.9 Å². The fraction of sp³-hybridized carbons (Fsp3) is 0.105. The number of thiocarbonyl (C=S) groups is 1. The van der Waals surface area contributed by atoms with Gasteiger partial charge in [0.05, 0.1) is 18.4 Å². The summed E-state index contributed by atoms with van der Waals surface area (Å²) in [6.45, 7) is 1.97. The molecule has 138 valence electrons. The van der Waals surface area contributed by atoms with E-state index in [4.69, 9.17) is 35.4 Å². The van der Waals surface area contributed by atoms with Crippen LogP contribution in [0.4, 0.5) is 11.4 Å². The van der Waals surface area contributed by atoms with Gasteiger partial charge < -0.3 is 10.6 Å². The lowest BCUT2D eigenvalue weighted by Gasteiger charge is -2.10. The fourth-order valence-electron chi connectivity index (χ4n) is 2.47. The monoisotopic (exact) mass is 418 g/mol. The Morgan fingerprint density at radius 2 is 1.78 bits per heavy atom. The molecule has 8 heteroatoms. The molecule has 0 spiro atoms. The molecule has 0 amide bonds. The van der Waals surface area contributed by atoms with E-state index in [1.54, 1.807) is 53.5 Å². The Hall–Kier alpha value is -2.41. The summed E-state index contributed by atoms with van der Waals surface area (Å²) in [6.07, 6.45) is 3.46. The van der Waals surface area contributed by atoms with E-state index < -0.39 is 0 Å². The number of aromatic nitrogens is 2. The number of benzene rings is 2. The number of hydrogen-bond donors (Lipinski definition) is 2. The predicted octanol–water partition coefficient (Wildman–Crippen LogP) is 5.25. The van der Waals surface area contributed by atoms with Crippen LogP contribution in [-0.4, -0.2) is 20.7 Å². The molecule has 3 aromatic rings. The summed E-state index contributed by atoms with van der Waals surface area (Å²) in [7, 11) is 0. The highest BCUT2D eigenvalue weighted by atomic mass is 35.5. The van der Waals surface area contributed by atoms with Crippen molar-refractivity contribution in [2.24, 2.45) is 0 Å². The van der Waals surface area contributed by atoms with Crippen LogP contribution in [0.5, 0.6) is 0 Å². The molecule has 27 heavy (non-hydrogen) atoms. The summed E-state index contributed by atoms with van der Waals surface area (Å²) >= 11 is 17.7. The molecule has 0 fully saturated rings. The SMILES string of the molecule is CC(=O)c1cccc(NC(=S)Nc2cnn(Cc3c(Cl)cccc3Cl)c2)c1. The first kappa shape index (κ1) is 19.4. The van der Waals surface area contributed by atoms with Gasteiger partial charge in [0.25, 0.3) is 0 Å². The summed E-state index contributed by atoms with van der Waals surface area (Å²) in [5.41, 5.74) is 2.87. The number of carbonyl (C=O) groups is 1. The molecule has 0 aliphatic heterocycles. The molecule has 1 heterocycles. The molecule has 2 aromatic carbocycles. The third-order valence-corrected chi connectivity index (χ3v) is 4.71. The van der Waals surface area contributed by atoms with Gasteiger partial charge >= 0.3 is 0 Å². The van der Waals surface area contributed by atoms with Gasteiger partial charge in [0, 0.05) is 33.1 Å². The molecule has 3 rings (SSSR count). The van der Waals surface area contributed by atoms with Gasteiger partial charge in [-0.1, -0.05) is 41.4 Å². The van der Waals surface area contributed by atoms with Crippen molar-refractivity contribution < 1.29 is 4.79 Å². The van der Waals surface area contributed by atoms with Crippen LogP contribution >= 0.6 is 35.4 Å². The van der Waals surface area contributed by atoms with Gasteiger partial charge in [0.1, 0.15) is 0 Å². The van der Waals surface area contributed by atoms with Gasteiger partial charge in [-0.2, -0.15) is 5.10 Å². The zero-order chi connectivity index (χ0) is 19.4. The number of carbonyl (C=O) groups excluding carboxylic acids is 1. The lowest BCUT2D eigenvalue weighted by Crippen LogP contribution is -2.19. The molecule has 0 saturated carbocycles. The highest BCUT2D eigenvalue weighted by Gasteiger charge is 2.08. The second kappa shape index (κ2) is 8.52. The average molecular weight is 419 g/mol. The normalized spacial score (nSPS) is 10.5. The van der Waals surface area contributed by atoms with Crippen molar-refractivity contribution in [1.82, 2.24) is 9.78 Å². The van der Waals surface area contributed by atoms with E-state index in [1.807, 2.05) is 6.07 Å². The van der Waals surface area contributed by atoms with Crippen molar-refractivity contribution in [2.45, 2.75) is 13.5 Å². The van der Waals surface area contributed by atoms with Gasteiger partial charge in [-0.05, 0) is 43.4 Å². The highest BCUT2D eigenvalue weighted by molar-refractivity contribution is 7.80. The first-order valence-corrected chi connectivity index (χ1v) is 9.23. The molecule has 0 radical (unpaired) electrons. The third kappa shape index (κ3) is 5.07. The summed E-state index contributed by atoms with van der Waals surface area (Å²) in [4.78, 5) is 11.5. The van der Waals surface area contributed by atoms with Crippen molar-refractivity contribution >= 4 is 57.7 Å². The van der Waals surface area contributed by atoms with Crippen molar-refractivity contribution in [3.05, 3.63) is 76.0 Å². The van der Waals surface area contributed by atoms with Crippen LogP contribution in [0.3, 0.4) is 0 Å². The summed E-state index contributed by atoms with van der Waals surface area (Å²) in [5.74, 6) is -0.00274. The fourth-order valence-corrected chi connectivity index (χ4v) is 3.22. The minimum atomic E-state index is -0.00274. The molecule has 2 N–H and O–H groups in total. The molecule has 5 nitrogen and oxygen atoms in total. The van der Waals surface area contributed by atoms with E-state index in [1.165, 1.54) is 6.92 Å². The van der Waals surface area contributed by atoms with Crippen LogP contribution in [0.25, 0.3) is 0 Å². The molecule has 0 aliphatic rings. The molecule has 0 saturated heterocycles. The second-order valence-electron chi connectivity index (χ2n) is 5.84. The number of hydrogen-bond acceptors (Lipinski definition) is 3. The molecule has 0 aliphatic carbocycles. The zero-order valence-electron chi connectivity index (χ0n) is 14.4. The lowest BCUT2D eigenvalue weighted by molar-refractivity contribution is 0.101. The Morgan fingerprint density at radius 1 is 1.11 bits per heavy atom. The quantitative estimate of drug-likeness (QED) is 0.437. The van der Waals surface area contributed by atoms with Gasteiger partial charge in [-0.25, -0.2) is 0 Å². The second-order valence-corrected chi connectivity index (χ2v) is 7.07. The van der Waals surface area contributed by atoms with Gasteiger partial charge in [0.2, 0.25) is 0 Å². The summed E-state index contributed by atoms with van der Waals surface area (Å²) < 4.78 is 1.72. The Labute approximate surface area is 172 Å². The predicted molar refractivity (Wildman–Crippen MR) is 114 cm³/mol. The van der Waals surface area contributed by atoms with E-state index in [0.29, 0.717) is 27.3 Å². The lowest BCUT2D eigenvalue weighted by atomic mass is 10.1. The Morgan fingerprint density at radius 3 is 2.48 bits per heavy atom. The topological polar surface area (TPSA) is 59.0 Å². The van der Waals surface area contributed by atoms with Crippen molar-refractivity contribution in [2.75, 3.05) is 10.6 Å². The number of rotatable bonds is 5. The third-order valence-electron chi connectivity index (χ3n) is 3.80. The standard InChI is InChI=1S/C19H16Cl2N4OS/c1-12(26)13-4-2-5-14(8-13)23-19(27)24-15-9-22-25(10-15)11-16-17(20)6-3-7-18(16)21/h2-10H,11H2,1H3,(H2,23,24,27). The number of anilines is 2. The van der Waals surface area contributed by atoms with Crippen LogP contribution in [0.15, 0.2) is 54.9 Å². The van der Waals surface area contributed by atoms with Crippen LogP contribution in [0.1, 0.15) is 22.8 Å². The maximum atomic E-state index is 11.5. The maximum Gasteiger partial charge on any atom is 0.175 e. The Balaban J connectivity index is 1.64. The maximum absolute atomic E-state index is 11.5. The molecule has 0 atom stereocenters. The molecule has 0 bridgehead atoms. The highest BCUT2D eigenvalue weighted by Crippen LogP contribution is 2.25. The number of nitrogens with zero attached hydrogens (tertiary/aromatic N) is 2. The van der Waals surface area contributed by atoms with Crippen LogP contribution in [0, 0.1) is 0 Å². The van der Waals surface area contributed by atoms with Gasteiger partial charge in [-0.3, -0.25) is 9.48 Å². The average Bonchev–Trinajstić information content (AvgIpc) is 3.05. The molecule has 0 unspecified atom stereocenters. The Kier molecular flexibility index (Phi) is 6.11. The molecular formula is C19H16Cl2N4OS. The molecular weight excluding hydrogens is 403 g/mol. The zero-order valence-corrected chi connectivity index (χ0v) is 16.7. The van der Waals surface area contributed by atoms with Crippen molar-refractivity contribution in [3.63, 3.8) is 0 Å². The summed E-state index contributed by atoms with van der Waals surface area (Å²) in [5, 5.41) is 12.0. The minimum Gasteiger partial charge on any atom is -0.332 e. The van der Waals surface area contributed by atoms with E-state index in [-0.39, 0.29) is 5.78 Å². The first-order valence-electron chi connectivity index (χ1n) is 8.07. The van der Waals surface area contributed by atoms with E-state index in [9.17, 15) is 4.79 Å². The van der Waals surface area contributed by atoms with Gasteiger partial charge in [-0.15, -0.1) is 0 Å². The molecule has 1 aromatic heterocycles. The van der Waals surface area contributed by atoms with E-state index >= 15 is 0 Å². The Bertz CT molecular complexity index is 983. The summed E-state index contributed by atoms with van der Waals surface area (Å²) in [6, 6.07) is 12.5. The number of ketones is 1. The van der Waals surface area contributed by atoms with Crippen LogP contribution in [-0.2, 0) is 6.54 Å². The number of halogens is 2. The largest absolute Gasteiger partial charge is 0.332 e. The first-order chi connectivity index (χ1) is 12.9. The van der Waals surface area contributed by atoms with Crippen LogP contribution in [0.2, 0.25) is 10.0 Å². The van der Waals surface area contributed by atoms with Crippen molar-refractivity contribution in [3.8, 4) is 0 Å². The number of nitrogens with one attached hydrogen (secondary N) is 2. The minimum absolute atomic E-state index is 0.00274. The van der Waals surface area contributed by atoms with Crippen LogP contribution < -0.4 is 10.6 Å².